The van der Waals surface area contributed by atoms with Crippen LogP contribution in [0.15, 0.2) is 61.4 Å². The summed E-state index contributed by atoms with van der Waals surface area (Å²) in [7, 11) is -3.54. The molecule has 0 aliphatic heterocycles. The van der Waals surface area contributed by atoms with Gasteiger partial charge in [0.25, 0.3) is 0 Å². The Morgan fingerprint density at radius 2 is 1.95 bits per heavy atom. The summed E-state index contributed by atoms with van der Waals surface area (Å²) in [5.74, 6) is 0.637. The fourth-order valence-corrected chi connectivity index (χ4v) is 3.06. The van der Waals surface area contributed by atoms with Gasteiger partial charge in [0.15, 0.2) is 0 Å². The molecule has 2 aromatic heterocycles. The highest BCUT2D eigenvalue weighted by Crippen LogP contribution is 2.12. The Hall–Kier alpha value is -2.74. The number of nitrogens with zero attached hydrogens (tertiary/aromatic N) is 4. The fourth-order valence-electron chi connectivity index (χ4n) is 1.93. The first-order valence-electron chi connectivity index (χ1n) is 6.47. The maximum absolute atomic E-state index is 12.2. The van der Waals surface area contributed by atoms with Crippen LogP contribution in [0.25, 0.3) is 5.82 Å². The molecule has 0 saturated heterocycles. The predicted molar refractivity (Wildman–Crippen MR) is 81.8 cm³/mol. The molecule has 0 aliphatic rings. The minimum Gasteiger partial charge on any atom is -0.290 e. The van der Waals surface area contributed by atoms with Crippen molar-refractivity contribution in [1.29, 1.82) is 0 Å². The molecule has 112 valence electrons. The first kappa shape index (κ1) is 14.2. The number of sulfonamides is 1. The Balaban J connectivity index is 1.79. The molecule has 0 unspecified atom stereocenters. The van der Waals surface area contributed by atoms with Gasteiger partial charge in [-0.25, -0.2) is 23.4 Å². The first-order valence-corrected chi connectivity index (χ1v) is 8.12. The van der Waals surface area contributed by atoms with Crippen molar-refractivity contribution in [2.24, 2.45) is 0 Å². The smallest absolute Gasteiger partial charge is 0.238 e. The summed E-state index contributed by atoms with van der Waals surface area (Å²) in [6, 6.07) is 10.5. The third-order valence-corrected chi connectivity index (χ3v) is 4.11. The average Bonchev–Trinajstić information content (AvgIpc) is 3.02. The van der Waals surface area contributed by atoms with E-state index in [1.807, 2.05) is 6.07 Å². The maximum atomic E-state index is 12.2. The van der Waals surface area contributed by atoms with Crippen molar-refractivity contribution < 1.29 is 8.42 Å². The van der Waals surface area contributed by atoms with Gasteiger partial charge in [-0.2, -0.15) is 0 Å². The van der Waals surface area contributed by atoms with Gasteiger partial charge in [0, 0.05) is 18.5 Å². The summed E-state index contributed by atoms with van der Waals surface area (Å²) in [6.45, 7) is 0. The zero-order valence-electron chi connectivity index (χ0n) is 11.5. The van der Waals surface area contributed by atoms with E-state index in [9.17, 15) is 8.42 Å². The maximum Gasteiger partial charge on any atom is 0.238 e. The van der Waals surface area contributed by atoms with Crippen LogP contribution < -0.4 is 4.72 Å². The molecule has 3 aromatic rings. The summed E-state index contributed by atoms with van der Waals surface area (Å²) in [6.07, 6.45) is 6.20. The summed E-state index contributed by atoms with van der Waals surface area (Å²) >= 11 is 0. The third-order valence-electron chi connectivity index (χ3n) is 2.88. The summed E-state index contributed by atoms with van der Waals surface area (Å²) in [4.78, 5) is 11.9. The van der Waals surface area contributed by atoms with E-state index in [0.29, 0.717) is 11.4 Å². The zero-order valence-corrected chi connectivity index (χ0v) is 12.3. The predicted octanol–water partition coefficient (Wildman–Crippen LogP) is 1.60. The van der Waals surface area contributed by atoms with Crippen LogP contribution in [0.5, 0.6) is 0 Å². The second kappa shape index (κ2) is 5.94. The van der Waals surface area contributed by atoms with Crippen molar-refractivity contribution in [3.8, 4) is 5.82 Å². The molecule has 1 N–H and O–H groups in total. The van der Waals surface area contributed by atoms with E-state index in [0.717, 1.165) is 0 Å². The van der Waals surface area contributed by atoms with Gasteiger partial charge in [0.1, 0.15) is 24.3 Å². The lowest BCUT2D eigenvalue weighted by Gasteiger charge is -2.08. The Bertz CT molecular complexity index is 848. The number of aromatic nitrogens is 4. The van der Waals surface area contributed by atoms with Crippen LogP contribution in [0, 0.1) is 0 Å². The van der Waals surface area contributed by atoms with E-state index in [2.05, 4.69) is 19.7 Å². The van der Waals surface area contributed by atoms with Gasteiger partial charge < -0.3 is 0 Å². The van der Waals surface area contributed by atoms with Crippen LogP contribution >= 0.6 is 0 Å². The molecule has 0 aliphatic carbocycles. The van der Waals surface area contributed by atoms with Gasteiger partial charge >= 0.3 is 0 Å². The van der Waals surface area contributed by atoms with E-state index in [-0.39, 0.29) is 11.6 Å². The first-order chi connectivity index (χ1) is 10.6. The van der Waals surface area contributed by atoms with E-state index < -0.39 is 10.0 Å². The second-order valence-electron chi connectivity index (χ2n) is 4.58. The van der Waals surface area contributed by atoms with E-state index in [4.69, 9.17) is 0 Å². The number of imidazole rings is 1. The fraction of sp³-hybridized carbons (Fsp3) is 0.0714. The van der Waals surface area contributed by atoms with E-state index >= 15 is 0 Å². The highest BCUT2D eigenvalue weighted by atomic mass is 32.2. The lowest BCUT2D eigenvalue weighted by molar-refractivity contribution is 0.600. The number of anilines is 1. The van der Waals surface area contributed by atoms with Crippen LogP contribution in [0.4, 0.5) is 5.82 Å². The molecule has 0 bridgehead atoms. The Morgan fingerprint density at radius 1 is 1.14 bits per heavy atom. The van der Waals surface area contributed by atoms with Gasteiger partial charge in [-0.3, -0.25) is 9.29 Å². The SMILES string of the molecule is O=S(=O)(Cc1ccccc1)Nc1cc(-n2ccnc2)ncn1. The van der Waals surface area contributed by atoms with Crippen LogP contribution in [-0.2, 0) is 15.8 Å². The molecule has 0 saturated carbocycles. The average molecular weight is 315 g/mol. The standard InChI is InChI=1S/C14H13N5O2S/c20-22(21,9-12-4-2-1-3-5-12)18-13-8-14(17-10-16-13)19-7-6-15-11-19/h1-8,10-11H,9H2,(H,16,17,18). The van der Waals surface area contributed by atoms with Gasteiger partial charge in [-0.1, -0.05) is 30.3 Å². The van der Waals surface area contributed by atoms with Crippen LogP contribution in [0.2, 0.25) is 0 Å². The zero-order chi connectivity index (χ0) is 15.4. The normalized spacial score (nSPS) is 11.3. The Morgan fingerprint density at radius 3 is 2.68 bits per heavy atom. The molecule has 22 heavy (non-hydrogen) atoms. The molecule has 7 nitrogen and oxygen atoms in total. The van der Waals surface area contributed by atoms with Crippen molar-refractivity contribution in [2.75, 3.05) is 4.72 Å². The van der Waals surface area contributed by atoms with Gasteiger partial charge in [0.05, 0.1) is 5.75 Å². The van der Waals surface area contributed by atoms with Crippen molar-refractivity contribution >= 4 is 15.8 Å². The summed E-state index contributed by atoms with van der Waals surface area (Å²) in [5.41, 5.74) is 0.707. The molecule has 8 heteroatoms. The van der Waals surface area contributed by atoms with E-state index in [1.165, 1.54) is 6.33 Å². The lowest BCUT2D eigenvalue weighted by Crippen LogP contribution is -2.16. The molecule has 0 spiro atoms. The molecule has 0 atom stereocenters. The van der Waals surface area contributed by atoms with Gasteiger partial charge in [-0.15, -0.1) is 0 Å². The van der Waals surface area contributed by atoms with Crippen molar-refractivity contribution in [3.05, 3.63) is 67.0 Å². The second-order valence-corrected chi connectivity index (χ2v) is 6.30. The molecule has 3 rings (SSSR count). The monoisotopic (exact) mass is 315 g/mol. The quantitative estimate of drug-likeness (QED) is 0.772. The number of hydrogen-bond donors (Lipinski definition) is 1. The van der Waals surface area contributed by atoms with Crippen molar-refractivity contribution in [2.45, 2.75) is 5.75 Å². The third kappa shape index (κ3) is 3.47. The van der Waals surface area contributed by atoms with E-state index in [1.54, 1.807) is 53.6 Å². The molecule has 0 fully saturated rings. The van der Waals surface area contributed by atoms with Crippen molar-refractivity contribution in [1.82, 2.24) is 19.5 Å². The van der Waals surface area contributed by atoms with Crippen LogP contribution in [0.1, 0.15) is 5.56 Å². The molecule has 0 amide bonds. The highest BCUT2D eigenvalue weighted by molar-refractivity contribution is 7.91. The molecule has 2 heterocycles. The highest BCUT2D eigenvalue weighted by Gasteiger charge is 2.13. The van der Waals surface area contributed by atoms with Gasteiger partial charge in [0.2, 0.25) is 10.0 Å². The Labute approximate surface area is 127 Å². The van der Waals surface area contributed by atoms with Crippen LogP contribution in [-0.4, -0.2) is 27.9 Å². The van der Waals surface area contributed by atoms with Crippen LogP contribution in [0.3, 0.4) is 0 Å². The Kier molecular flexibility index (Phi) is 3.84. The summed E-state index contributed by atoms with van der Waals surface area (Å²) in [5, 5.41) is 0. The van der Waals surface area contributed by atoms with Gasteiger partial charge in [-0.05, 0) is 5.56 Å². The number of rotatable bonds is 5. The topological polar surface area (TPSA) is 89.8 Å². The lowest BCUT2D eigenvalue weighted by atomic mass is 10.2. The molecular formula is C14H13N5O2S. The molecule has 1 aromatic carbocycles. The minimum absolute atomic E-state index is 0.113. The number of nitrogens with one attached hydrogen (secondary N) is 1. The summed E-state index contributed by atoms with van der Waals surface area (Å²) < 4.78 is 28.5. The number of benzene rings is 1. The van der Waals surface area contributed by atoms with Crippen molar-refractivity contribution in [3.63, 3.8) is 0 Å². The molecular weight excluding hydrogens is 302 g/mol. The largest absolute Gasteiger partial charge is 0.290 e. The number of hydrogen-bond acceptors (Lipinski definition) is 5. The molecule has 0 radical (unpaired) electrons. The minimum atomic E-state index is -3.54.